The van der Waals surface area contributed by atoms with Gasteiger partial charge in [-0.25, -0.2) is 13.1 Å². The van der Waals surface area contributed by atoms with Crippen LogP contribution in [0.5, 0.6) is 5.75 Å². The van der Waals surface area contributed by atoms with Gasteiger partial charge in [-0.1, -0.05) is 57.3 Å². The third kappa shape index (κ3) is 4.61. The Hall–Kier alpha value is -0.790. The van der Waals surface area contributed by atoms with E-state index in [1.54, 1.807) is 7.11 Å². The zero-order chi connectivity index (χ0) is 17.0. The van der Waals surface area contributed by atoms with E-state index < -0.39 is 10.0 Å². The zero-order valence-electron chi connectivity index (χ0n) is 12.1. The lowest BCUT2D eigenvalue weighted by molar-refractivity contribution is 0.409. The molecule has 1 N–H and O–H groups in total. The second kappa shape index (κ2) is 7.85. The maximum Gasteiger partial charge on any atom is 0.243 e. The van der Waals surface area contributed by atoms with Crippen molar-refractivity contribution in [2.24, 2.45) is 0 Å². The Morgan fingerprint density at radius 2 is 1.78 bits per heavy atom. The highest BCUT2D eigenvalue weighted by atomic mass is 79.9. The predicted molar refractivity (Wildman–Crippen MR) is 96.0 cm³/mol. The van der Waals surface area contributed by atoms with Gasteiger partial charge in [-0.2, -0.15) is 0 Å². The van der Waals surface area contributed by atoms with E-state index in [1.165, 1.54) is 12.1 Å². The topological polar surface area (TPSA) is 55.4 Å². The van der Waals surface area contributed by atoms with E-state index in [9.17, 15) is 8.42 Å². The number of ether oxygens (including phenoxy) is 1. The molecule has 0 saturated heterocycles. The summed E-state index contributed by atoms with van der Waals surface area (Å²) >= 11 is 15.2. The minimum absolute atomic E-state index is 0.0640. The van der Waals surface area contributed by atoms with Crippen molar-refractivity contribution in [1.82, 2.24) is 4.72 Å². The summed E-state index contributed by atoms with van der Waals surface area (Å²) in [6.45, 7) is 0.200. The minimum atomic E-state index is -3.80. The normalized spacial score (nSPS) is 11.5. The van der Waals surface area contributed by atoms with Gasteiger partial charge < -0.3 is 4.74 Å². The first-order valence-electron chi connectivity index (χ1n) is 6.61. The number of methoxy groups -OCH3 is 1. The van der Waals surface area contributed by atoms with Crippen LogP contribution in [-0.2, 0) is 16.4 Å². The highest BCUT2D eigenvalue weighted by molar-refractivity contribution is 9.10. The van der Waals surface area contributed by atoms with Gasteiger partial charge in [0.15, 0.2) is 0 Å². The van der Waals surface area contributed by atoms with Crippen molar-refractivity contribution < 1.29 is 13.2 Å². The number of benzene rings is 2. The number of rotatable bonds is 6. The Bertz CT molecular complexity index is 789. The molecule has 0 unspecified atom stereocenters. The van der Waals surface area contributed by atoms with Crippen molar-refractivity contribution in [2.45, 2.75) is 11.3 Å². The molecule has 0 atom stereocenters. The van der Waals surface area contributed by atoms with Crippen molar-refractivity contribution in [1.29, 1.82) is 0 Å². The van der Waals surface area contributed by atoms with Gasteiger partial charge in [-0.15, -0.1) is 0 Å². The van der Waals surface area contributed by atoms with E-state index in [0.717, 1.165) is 5.56 Å². The molecule has 2 aromatic rings. The van der Waals surface area contributed by atoms with Crippen LogP contribution in [0.1, 0.15) is 5.56 Å². The molecule has 0 spiro atoms. The average molecular weight is 439 g/mol. The Morgan fingerprint density at radius 3 is 2.39 bits per heavy atom. The second-order valence-corrected chi connectivity index (χ2v) is 8.09. The molecule has 2 rings (SSSR count). The van der Waals surface area contributed by atoms with Gasteiger partial charge in [0.05, 0.1) is 17.2 Å². The molecule has 0 bridgehead atoms. The smallest absolute Gasteiger partial charge is 0.243 e. The fraction of sp³-hybridized carbons (Fsp3) is 0.200. The molecule has 124 valence electrons. The monoisotopic (exact) mass is 437 g/mol. The Kier molecular flexibility index (Phi) is 6.33. The maximum absolute atomic E-state index is 12.4. The Labute approximate surface area is 153 Å². The molecule has 0 aromatic heterocycles. The van der Waals surface area contributed by atoms with Gasteiger partial charge >= 0.3 is 0 Å². The van der Waals surface area contributed by atoms with Crippen molar-refractivity contribution in [3.8, 4) is 5.75 Å². The molecule has 0 aliphatic heterocycles. The summed E-state index contributed by atoms with van der Waals surface area (Å²) in [6.07, 6.45) is 0.481. The van der Waals surface area contributed by atoms with Crippen LogP contribution in [0.25, 0.3) is 0 Å². The lowest BCUT2D eigenvalue weighted by atomic mass is 10.1. The van der Waals surface area contributed by atoms with Crippen LogP contribution in [0.2, 0.25) is 10.0 Å². The SMILES string of the molecule is COc1ccccc1CCNS(=O)(=O)c1c(Cl)cc(Br)cc1Cl. The molecule has 4 nitrogen and oxygen atoms in total. The third-order valence-electron chi connectivity index (χ3n) is 3.11. The molecule has 0 radical (unpaired) electrons. The summed E-state index contributed by atoms with van der Waals surface area (Å²) in [6, 6.07) is 10.4. The highest BCUT2D eigenvalue weighted by Gasteiger charge is 2.22. The largest absolute Gasteiger partial charge is 0.496 e. The van der Waals surface area contributed by atoms with E-state index in [2.05, 4.69) is 20.7 Å². The summed E-state index contributed by atoms with van der Waals surface area (Å²) in [5.41, 5.74) is 0.908. The van der Waals surface area contributed by atoms with Gasteiger partial charge in [0.25, 0.3) is 0 Å². The molecule has 0 fully saturated rings. The Morgan fingerprint density at radius 1 is 1.17 bits per heavy atom. The Balaban J connectivity index is 2.14. The van der Waals surface area contributed by atoms with E-state index in [1.807, 2.05) is 24.3 Å². The number of hydrogen-bond acceptors (Lipinski definition) is 3. The van der Waals surface area contributed by atoms with Crippen molar-refractivity contribution in [3.05, 3.63) is 56.5 Å². The minimum Gasteiger partial charge on any atom is -0.496 e. The first-order valence-corrected chi connectivity index (χ1v) is 9.64. The average Bonchev–Trinajstić information content (AvgIpc) is 2.46. The molecule has 0 saturated carbocycles. The molecule has 8 heteroatoms. The van der Waals surface area contributed by atoms with Crippen molar-refractivity contribution in [2.75, 3.05) is 13.7 Å². The van der Waals surface area contributed by atoms with E-state index in [-0.39, 0.29) is 21.5 Å². The zero-order valence-corrected chi connectivity index (χ0v) is 16.1. The molecular formula is C15H14BrCl2NO3S. The van der Waals surface area contributed by atoms with Crippen LogP contribution in [0.3, 0.4) is 0 Å². The van der Waals surface area contributed by atoms with Crippen LogP contribution in [0.4, 0.5) is 0 Å². The fourth-order valence-electron chi connectivity index (χ4n) is 2.09. The number of nitrogens with one attached hydrogen (secondary N) is 1. The molecular weight excluding hydrogens is 425 g/mol. The molecule has 23 heavy (non-hydrogen) atoms. The highest BCUT2D eigenvalue weighted by Crippen LogP contribution is 2.32. The van der Waals surface area contributed by atoms with Crippen LogP contribution in [-0.4, -0.2) is 22.1 Å². The van der Waals surface area contributed by atoms with Crippen molar-refractivity contribution in [3.63, 3.8) is 0 Å². The van der Waals surface area contributed by atoms with Crippen LogP contribution < -0.4 is 9.46 Å². The molecule has 0 aliphatic rings. The lowest BCUT2D eigenvalue weighted by Crippen LogP contribution is -2.26. The predicted octanol–water partition coefficient (Wildman–Crippen LogP) is 4.29. The van der Waals surface area contributed by atoms with Gasteiger partial charge in [-0.3, -0.25) is 0 Å². The molecule has 2 aromatic carbocycles. The number of para-hydroxylation sites is 1. The van der Waals surface area contributed by atoms with Crippen LogP contribution >= 0.6 is 39.1 Å². The fourth-order valence-corrected chi connectivity index (χ4v) is 5.05. The quantitative estimate of drug-likeness (QED) is 0.731. The lowest BCUT2D eigenvalue weighted by Gasteiger charge is -2.12. The van der Waals surface area contributed by atoms with E-state index in [4.69, 9.17) is 27.9 Å². The summed E-state index contributed by atoms with van der Waals surface area (Å²) in [5.74, 6) is 0.714. The molecule has 0 heterocycles. The van der Waals surface area contributed by atoms with Gasteiger partial charge in [0.2, 0.25) is 10.0 Å². The number of sulfonamides is 1. The maximum atomic E-state index is 12.4. The summed E-state index contributed by atoms with van der Waals surface area (Å²) in [4.78, 5) is -0.121. The third-order valence-corrected chi connectivity index (χ3v) is 5.95. The van der Waals surface area contributed by atoms with Crippen LogP contribution in [0, 0.1) is 0 Å². The second-order valence-electron chi connectivity index (χ2n) is 4.66. The summed E-state index contributed by atoms with van der Waals surface area (Å²) in [5, 5.41) is 0.128. The van der Waals surface area contributed by atoms with Crippen LogP contribution in [0.15, 0.2) is 45.8 Å². The summed E-state index contributed by atoms with van der Waals surface area (Å²) in [7, 11) is -2.23. The van der Waals surface area contributed by atoms with E-state index in [0.29, 0.717) is 16.6 Å². The first-order chi connectivity index (χ1) is 10.8. The molecule has 0 amide bonds. The van der Waals surface area contributed by atoms with Gasteiger partial charge in [0.1, 0.15) is 10.6 Å². The standard InChI is InChI=1S/C15H14BrCl2NO3S/c1-22-14-5-3-2-4-10(14)6-7-19-23(20,21)15-12(17)8-11(16)9-13(15)18/h2-5,8-9,19H,6-7H2,1H3. The van der Waals surface area contributed by atoms with Gasteiger partial charge in [0, 0.05) is 11.0 Å². The van der Waals surface area contributed by atoms with E-state index >= 15 is 0 Å². The number of halogens is 3. The number of hydrogen-bond donors (Lipinski definition) is 1. The van der Waals surface area contributed by atoms with Gasteiger partial charge in [-0.05, 0) is 30.2 Å². The first kappa shape index (κ1) is 18.5. The molecule has 0 aliphatic carbocycles. The van der Waals surface area contributed by atoms with Crippen molar-refractivity contribution >= 4 is 49.2 Å². The summed E-state index contributed by atoms with van der Waals surface area (Å²) < 4.78 is 33.2.